The molecule has 0 saturated heterocycles. The number of nitrogens with zero attached hydrogens (tertiary/aromatic N) is 1. The molecule has 3 N–H and O–H groups in total. The van der Waals surface area contributed by atoms with Crippen LogP contribution in [0.1, 0.15) is 31.7 Å². The Kier molecular flexibility index (Phi) is 1.78. The number of nitrogens with one attached hydrogen (secondary N) is 1. The maximum absolute atomic E-state index is 12.3. The lowest BCUT2D eigenvalue weighted by Crippen LogP contribution is -2.25. The van der Waals surface area contributed by atoms with Crippen LogP contribution in [0.15, 0.2) is 6.07 Å². The van der Waals surface area contributed by atoms with Crippen LogP contribution in [0.3, 0.4) is 0 Å². The molecule has 2 rings (SSSR count). The number of nitrogens with two attached hydrogens (primary N) is 1. The summed E-state index contributed by atoms with van der Waals surface area (Å²) in [5, 5.41) is 5.60. The zero-order valence-electron chi connectivity index (χ0n) is 8.44. The second-order valence-corrected chi connectivity index (χ2v) is 4.70. The topological polar surface area (TPSA) is 54.7 Å². The SMILES string of the molecule is CC1(C)CC1(N)c1cc(C(F)(F)F)n[nH]1. The van der Waals surface area contributed by atoms with Crippen LogP contribution in [-0.2, 0) is 11.7 Å². The van der Waals surface area contributed by atoms with Gasteiger partial charge in [-0.15, -0.1) is 0 Å². The van der Waals surface area contributed by atoms with Gasteiger partial charge in [-0.3, -0.25) is 5.10 Å². The number of aromatic amines is 1. The van der Waals surface area contributed by atoms with E-state index >= 15 is 0 Å². The minimum absolute atomic E-state index is 0.164. The third-order valence-corrected chi connectivity index (χ3v) is 3.15. The summed E-state index contributed by atoms with van der Waals surface area (Å²) in [7, 11) is 0. The summed E-state index contributed by atoms with van der Waals surface area (Å²) in [5.74, 6) is 0. The van der Waals surface area contributed by atoms with Gasteiger partial charge in [-0.05, 0) is 17.9 Å². The van der Waals surface area contributed by atoms with E-state index in [-0.39, 0.29) is 5.41 Å². The van der Waals surface area contributed by atoms with Gasteiger partial charge in [-0.2, -0.15) is 18.3 Å². The molecule has 6 heteroatoms. The number of alkyl halides is 3. The van der Waals surface area contributed by atoms with E-state index in [0.717, 1.165) is 6.07 Å². The van der Waals surface area contributed by atoms with Crippen molar-refractivity contribution in [1.29, 1.82) is 0 Å². The van der Waals surface area contributed by atoms with Gasteiger partial charge in [0.05, 0.1) is 11.2 Å². The number of aromatic nitrogens is 2. The van der Waals surface area contributed by atoms with Gasteiger partial charge in [0.2, 0.25) is 0 Å². The van der Waals surface area contributed by atoms with Crippen molar-refractivity contribution in [2.24, 2.45) is 11.1 Å². The molecule has 0 spiro atoms. The standard InChI is InChI=1S/C9H12F3N3/c1-7(2)4-8(7,13)5-3-6(15-14-5)9(10,11)12/h3H,4,13H2,1-2H3,(H,14,15). The van der Waals surface area contributed by atoms with Crippen molar-refractivity contribution >= 4 is 0 Å². The molecule has 1 saturated carbocycles. The Morgan fingerprint density at radius 3 is 2.33 bits per heavy atom. The molecule has 1 aliphatic carbocycles. The maximum Gasteiger partial charge on any atom is 0.435 e. The van der Waals surface area contributed by atoms with Crippen molar-refractivity contribution in [3.63, 3.8) is 0 Å². The van der Waals surface area contributed by atoms with E-state index in [1.165, 1.54) is 0 Å². The van der Waals surface area contributed by atoms with Crippen molar-refractivity contribution < 1.29 is 13.2 Å². The highest BCUT2D eigenvalue weighted by atomic mass is 19.4. The quantitative estimate of drug-likeness (QED) is 0.759. The van der Waals surface area contributed by atoms with Crippen LogP contribution in [0, 0.1) is 5.41 Å². The molecule has 84 valence electrons. The molecule has 0 amide bonds. The fraction of sp³-hybridized carbons (Fsp3) is 0.667. The van der Waals surface area contributed by atoms with Crippen LogP contribution >= 0.6 is 0 Å². The lowest BCUT2D eigenvalue weighted by molar-refractivity contribution is -0.141. The fourth-order valence-corrected chi connectivity index (χ4v) is 1.81. The number of hydrogen-bond acceptors (Lipinski definition) is 2. The molecule has 1 aromatic heterocycles. The zero-order chi connectivity index (χ0) is 11.5. The first-order valence-corrected chi connectivity index (χ1v) is 4.59. The molecule has 0 bridgehead atoms. The molecular weight excluding hydrogens is 207 g/mol. The van der Waals surface area contributed by atoms with Gasteiger partial charge in [-0.25, -0.2) is 0 Å². The molecule has 0 aromatic carbocycles. The Labute approximate surface area is 84.8 Å². The Morgan fingerprint density at radius 1 is 1.47 bits per heavy atom. The largest absolute Gasteiger partial charge is 0.435 e. The van der Waals surface area contributed by atoms with Gasteiger partial charge in [0.15, 0.2) is 5.69 Å². The van der Waals surface area contributed by atoms with Crippen LogP contribution in [0.2, 0.25) is 0 Å². The molecule has 15 heavy (non-hydrogen) atoms. The third-order valence-electron chi connectivity index (χ3n) is 3.15. The lowest BCUT2D eigenvalue weighted by Gasteiger charge is -2.11. The summed E-state index contributed by atoms with van der Waals surface area (Å²) in [5.41, 5.74) is 4.56. The van der Waals surface area contributed by atoms with Gasteiger partial charge in [0.25, 0.3) is 0 Å². The summed E-state index contributed by atoms with van der Waals surface area (Å²) in [6.07, 6.45) is -3.75. The Bertz CT molecular complexity index is 394. The van der Waals surface area contributed by atoms with Crippen LogP contribution < -0.4 is 5.73 Å². The van der Waals surface area contributed by atoms with Gasteiger partial charge in [0.1, 0.15) is 0 Å². The van der Waals surface area contributed by atoms with Gasteiger partial charge >= 0.3 is 6.18 Å². The first kappa shape index (κ1) is 10.5. The van der Waals surface area contributed by atoms with E-state index in [9.17, 15) is 13.2 Å². The monoisotopic (exact) mass is 219 g/mol. The number of rotatable bonds is 1. The van der Waals surface area contributed by atoms with Crippen molar-refractivity contribution in [1.82, 2.24) is 10.2 Å². The van der Waals surface area contributed by atoms with Crippen molar-refractivity contribution in [2.45, 2.75) is 32.0 Å². The van der Waals surface area contributed by atoms with Gasteiger partial charge in [0, 0.05) is 0 Å². The van der Waals surface area contributed by atoms with Crippen molar-refractivity contribution in [3.05, 3.63) is 17.5 Å². The molecule has 0 radical (unpaired) electrons. The number of H-pyrrole nitrogens is 1. The average Bonchev–Trinajstić information content (AvgIpc) is 2.51. The van der Waals surface area contributed by atoms with Crippen molar-refractivity contribution in [3.8, 4) is 0 Å². The van der Waals surface area contributed by atoms with Gasteiger partial charge in [-0.1, -0.05) is 13.8 Å². The molecule has 1 fully saturated rings. The highest BCUT2D eigenvalue weighted by Gasteiger charge is 2.61. The predicted octanol–water partition coefficient (Wildman–Crippen LogP) is 2.01. The minimum Gasteiger partial charge on any atom is -0.320 e. The van der Waals surface area contributed by atoms with E-state index in [2.05, 4.69) is 10.2 Å². The normalized spacial score (nSPS) is 29.2. The minimum atomic E-state index is -4.41. The van der Waals surface area contributed by atoms with E-state index in [0.29, 0.717) is 12.1 Å². The highest BCUT2D eigenvalue weighted by Crippen LogP contribution is 2.60. The molecule has 1 aliphatic rings. The first-order chi connectivity index (χ1) is 6.67. The zero-order valence-corrected chi connectivity index (χ0v) is 8.44. The lowest BCUT2D eigenvalue weighted by atomic mass is 10.0. The van der Waals surface area contributed by atoms with Gasteiger partial charge < -0.3 is 5.73 Å². The van der Waals surface area contributed by atoms with E-state index in [1.807, 2.05) is 13.8 Å². The molecule has 0 aliphatic heterocycles. The van der Waals surface area contributed by atoms with Crippen LogP contribution in [0.5, 0.6) is 0 Å². The Hall–Kier alpha value is -1.04. The molecular formula is C9H12F3N3. The summed E-state index contributed by atoms with van der Waals surface area (Å²) < 4.78 is 36.8. The van der Waals surface area contributed by atoms with Crippen LogP contribution in [-0.4, -0.2) is 10.2 Å². The maximum atomic E-state index is 12.3. The second kappa shape index (κ2) is 2.55. The van der Waals surface area contributed by atoms with E-state index in [1.54, 1.807) is 0 Å². The molecule has 3 nitrogen and oxygen atoms in total. The Balaban J connectivity index is 2.31. The van der Waals surface area contributed by atoms with E-state index in [4.69, 9.17) is 5.73 Å². The summed E-state index contributed by atoms with van der Waals surface area (Å²) >= 11 is 0. The van der Waals surface area contributed by atoms with E-state index < -0.39 is 17.4 Å². The predicted molar refractivity (Wildman–Crippen MR) is 47.9 cm³/mol. The molecule has 1 heterocycles. The summed E-state index contributed by atoms with van der Waals surface area (Å²) in [4.78, 5) is 0. The average molecular weight is 219 g/mol. The Morgan fingerprint density at radius 2 is 2.00 bits per heavy atom. The second-order valence-electron chi connectivity index (χ2n) is 4.70. The first-order valence-electron chi connectivity index (χ1n) is 4.59. The highest BCUT2D eigenvalue weighted by molar-refractivity contribution is 5.31. The molecule has 1 atom stereocenters. The van der Waals surface area contributed by atoms with Crippen molar-refractivity contribution in [2.75, 3.05) is 0 Å². The smallest absolute Gasteiger partial charge is 0.320 e. The van der Waals surface area contributed by atoms with Crippen LogP contribution in [0.25, 0.3) is 0 Å². The molecule has 1 aromatic rings. The van der Waals surface area contributed by atoms with Crippen LogP contribution in [0.4, 0.5) is 13.2 Å². The summed E-state index contributed by atoms with van der Waals surface area (Å²) in [6.45, 7) is 3.84. The number of halogens is 3. The summed E-state index contributed by atoms with van der Waals surface area (Å²) in [6, 6.07) is 0.995. The number of hydrogen-bond donors (Lipinski definition) is 2. The fourth-order valence-electron chi connectivity index (χ4n) is 1.81. The third kappa shape index (κ3) is 1.43. The molecule has 1 unspecified atom stereocenters.